The van der Waals surface area contributed by atoms with E-state index in [0.29, 0.717) is 10.4 Å². The molecule has 0 saturated heterocycles. The lowest BCUT2D eigenvalue weighted by Gasteiger charge is -2.01. The van der Waals surface area contributed by atoms with Crippen LogP contribution in [-0.4, -0.2) is 15.8 Å². The van der Waals surface area contributed by atoms with Crippen molar-refractivity contribution in [3.63, 3.8) is 0 Å². The highest BCUT2D eigenvalue weighted by atomic mass is 35.5. The molecule has 0 radical (unpaired) electrons. The zero-order chi connectivity index (χ0) is 15.5. The second-order valence-electron chi connectivity index (χ2n) is 4.96. The molecular weight excluding hydrogens is 316 g/mol. The van der Waals surface area contributed by atoms with Crippen molar-refractivity contribution in [2.24, 2.45) is 0 Å². The van der Waals surface area contributed by atoms with E-state index in [1.807, 2.05) is 37.3 Å². The molecule has 0 unspecified atom stereocenters. The highest BCUT2D eigenvalue weighted by Crippen LogP contribution is 2.26. The summed E-state index contributed by atoms with van der Waals surface area (Å²) < 4.78 is 0. The average molecular weight is 329 g/mol. The predicted molar refractivity (Wildman–Crippen MR) is 88.8 cm³/mol. The van der Waals surface area contributed by atoms with E-state index in [2.05, 4.69) is 9.97 Å². The van der Waals surface area contributed by atoms with Crippen molar-refractivity contribution >= 4 is 28.7 Å². The lowest BCUT2D eigenvalue weighted by molar-refractivity contribution is 0.104. The number of benzene rings is 1. The lowest BCUT2D eigenvalue weighted by Crippen LogP contribution is -1.99. The number of rotatable bonds is 4. The number of nitrogens with zero attached hydrogens (tertiary/aromatic N) is 2. The van der Waals surface area contributed by atoms with Crippen LogP contribution < -0.4 is 0 Å². The van der Waals surface area contributed by atoms with Crippen LogP contribution in [0.25, 0.3) is 0 Å². The van der Waals surface area contributed by atoms with Gasteiger partial charge in [0.25, 0.3) is 0 Å². The van der Waals surface area contributed by atoms with Gasteiger partial charge in [0.05, 0.1) is 10.4 Å². The molecule has 0 spiro atoms. The van der Waals surface area contributed by atoms with E-state index in [9.17, 15) is 4.79 Å². The lowest BCUT2D eigenvalue weighted by atomic mass is 10.0. The van der Waals surface area contributed by atoms with Crippen LogP contribution in [0.1, 0.15) is 31.2 Å². The number of ketones is 1. The van der Waals surface area contributed by atoms with Gasteiger partial charge in [-0.05, 0) is 42.7 Å². The minimum absolute atomic E-state index is 0.0361. The van der Waals surface area contributed by atoms with E-state index >= 15 is 0 Å². The molecule has 3 rings (SSSR count). The molecule has 0 amide bonds. The van der Waals surface area contributed by atoms with Crippen LogP contribution in [0.2, 0.25) is 5.02 Å². The molecule has 0 saturated carbocycles. The van der Waals surface area contributed by atoms with Gasteiger partial charge in [-0.2, -0.15) is 0 Å². The smallest absolute Gasteiger partial charge is 0.206 e. The topological polar surface area (TPSA) is 42.9 Å². The van der Waals surface area contributed by atoms with Gasteiger partial charge in [0.2, 0.25) is 5.78 Å². The van der Waals surface area contributed by atoms with Gasteiger partial charge in [-0.15, -0.1) is 11.3 Å². The largest absolute Gasteiger partial charge is 0.288 e. The standard InChI is InChI=1S/C17H13ClN2OS/c1-11-13(5-12-3-2-4-15(18)6-12)7-16(22-11)17(21)14-8-19-10-20-9-14/h2-4,6-10H,5H2,1H3. The molecule has 0 aliphatic carbocycles. The van der Waals surface area contributed by atoms with Gasteiger partial charge < -0.3 is 0 Å². The number of aromatic nitrogens is 2. The van der Waals surface area contributed by atoms with Crippen molar-refractivity contribution < 1.29 is 4.79 Å². The predicted octanol–water partition coefficient (Wildman–Crippen LogP) is 4.32. The third kappa shape index (κ3) is 3.24. The normalized spacial score (nSPS) is 10.6. The Balaban J connectivity index is 1.86. The van der Waals surface area contributed by atoms with Crippen LogP contribution in [0.5, 0.6) is 0 Å². The molecule has 2 aromatic heterocycles. The summed E-state index contributed by atoms with van der Waals surface area (Å²) in [5, 5.41) is 0.725. The van der Waals surface area contributed by atoms with Crippen LogP contribution in [-0.2, 0) is 6.42 Å². The van der Waals surface area contributed by atoms with Crippen molar-refractivity contribution in [1.29, 1.82) is 0 Å². The zero-order valence-electron chi connectivity index (χ0n) is 11.9. The third-order valence-corrected chi connectivity index (χ3v) is 4.68. The number of carbonyl (C=O) groups is 1. The zero-order valence-corrected chi connectivity index (χ0v) is 13.5. The van der Waals surface area contributed by atoms with Crippen molar-refractivity contribution in [3.05, 3.63) is 80.5 Å². The van der Waals surface area contributed by atoms with Gasteiger partial charge in [-0.25, -0.2) is 9.97 Å². The van der Waals surface area contributed by atoms with Gasteiger partial charge >= 0.3 is 0 Å². The van der Waals surface area contributed by atoms with Gasteiger partial charge in [0.15, 0.2) is 0 Å². The van der Waals surface area contributed by atoms with Crippen LogP contribution in [0.3, 0.4) is 0 Å². The minimum Gasteiger partial charge on any atom is -0.288 e. The van der Waals surface area contributed by atoms with E-state index in [0.717, 1.165) is 27.4 Å². The Morgan fingerprint density at radius 3 is 2.73 bits per heavy atom. The summed E-state index contributed by atoms with van der Waals surface area (Å²) in [6.07, 6.45) is 5.27. The van der Waals surface area contributed by atoms with Crippen LogP contribution in [0, 0.1) is 6.92 Å². The summed E-state index contributed by atoms with van der Waals surface area (Å²) in [6.45, 7) is 2.03. The van der Waals surface area contributed by atoms with E-state index in [1.165, 1.54) is 17.7 Å². The summed E-state index contributed by atoms with van der Waals surface area (Å²) in [4.78, 5) is 22.1. The van der Waals surface area contributed by atoms with Crippen molar-refractivity contribution in [3.8, 4) is 0 Å². The summed E-state index contributed by atoms with van der Waals surface area (Å²) in [6, 6.07) is 9.74. The second-order valence-corrected chi connectivity index (χ2v) is 6.65. The minimum atomic E-state index is -0.0361. The van der Waals surface area contributed by atoms with E-state index in [-0.39, 0.29) is 5.78 Å². The van der Waals surface area contributed by atoms with E-state index in [4.69, 9.17) is 11.6 Å². The van der Waals surface area contributed by atoms with Crippen LogP contribution in [0.15, 0.2) is 49.1 Å². The molecule has 0 N–H and O–H groups in total. The number of thiophene rings is 1. The fourth-order valence-electron chi connectivity index (χ4n) is 2.23. The van der Waals surface area contributed by atoms with Gasteiger partial charge in [-0.1, -0.05) is 23.7 Å². The maximum Gasteiger partial charge on any atom is 0.206 e. The number of aryl methyl sites for hydroxylation is 1. The number of hydrogen-bond donors (Lipinski definition) is 0. The maximum atomic E-state index is 12.4. The number of carbonyl (C=O) groups excluding carboxylic acids is 1. The SMILES string of the molecule is Cc1sc(C(=O)c2cncnc2)cc1Cc1cccc(Cl)c1. The maximum absolute atomic E-state index is 12.4. The fraction of sp³-hybridized carbons (Fsp3) is 0.118. The molecule has 0 atom stereocenters. The van der Waals surface area contributed by atoms with Gasteiger partial charge in [0.1, 0.15) is 6.33 Å². The Hall–Kier alpha value is -2.04. The summed E-state index contributed by atoms with van der Waals surface area (Å²) in [5.74, 6) is -0.0361. The molecule has 22 heavy (non-hydrogen) atoms. The van der Waals surface area contributed by atoms with Crippen molar-refractivity contribution in [2.75, 3.05) is 0 Å². The quantitative estimate of drug-likeness (QED) is 0.670. The molecule has 3 aromatic rings. The molecule has 2 heterocycles. The summed E-state index contributed by atoms with van der Waals surface area (Å²) in [7, 11) is 0. The molecule has 0 aliphatic rings. The molecule has 1 aromatic carbocycles. The number of hydrogen-bond acceptors (Lipinski definition) is 4. The van der Waals surface area contributed by atoms with Gasteiger partial charge in [-0.3, -0.25) is 4.79 Å². The van der Waals surface area contributed by atoms with Crippen LogP contribution in [0.4, 0.5) is 0 Å². The molecular formula is C17H13ClN2OS. The average Bonchev–Trinajstić information content (AvgIpc) is 2.88. The monoisotopic (exact) mass is 328 g/mol. The van der Waals surface area contributed by atoms with Crippen molar-refractivity contribution in [1.82, 2.24) is 9.97 Å². The molecule has 0 aliphatic heterocycles. The number of halogens is 1. The molecule has 3 nitrogen and oxygen atoms in total. The molecule has 110 valence electrons. The highest BCUT2D eigenvalue weighted by Gasteiger charge is 2.15. The second kappa shape index (κ2) is 6.38. The first-order valence-corrected chi connectivity index (χ1v) is 7.96. The van der Waals surface area contributed by atoms with Crippen molar-refractivity contribution in [2.45, 2.75) is 13.3 Å². The first-order valence-electron chi connectivity index (χ1n) is 6.77. The Bertz CT molecular complexity index is 815. The molecule has 0 fully saturated rings. The first-order chi connectivity index (χ1) is 10.6. The third-order valence-electron chi connectivity index (χ3n) is 3.35. The van der Waals surface area contributed by atoms with Crippen LogP contribution >= 0.6 is 22.9 Å². The van der Waals surface area contributed by atoms with E-state index in [1.54, 1.807) is 12.4 Å². The Labute approximate surface area is 137 Å². The first kappa shape index (κ1) is 14.9. The Morgan fingerprint density at radius 2 is 2.00 bits per heavy atom. The molecule has 5 heteroatoms. The molecule has 0 bridgehead atoms. The Kier molecular flexibility index (Phi) is 4.32. The fourth-order valence-corrected chi connectivity index (χ4v) is 3.45. The van der Waals surface area contributed by atoms with E-state index < -0.39 is 0 Å². The summed E-state index contributed by atoms with van der Waals surface area (Å²) >= 11 is 7.52. The summed E-state index contributed by atoms with van der Waals surface area (Å²) in [5.41, 5.74) is 2.79. The van der Waals surface area contributed by atoms with Gasteiger partial charge in [0, 0.05) is 22.3 Å². The highest BCUT2D eigenvalue weighted by molar-refractivity contribution is 7.14. The Morgan fingerprint density at radius 1 is 1.23 bits per heavy atom.